The van der Waals surface area contributed by atoms with Crippen molar-refractivity contribution in [3.8, 4) is 0 Å². The molecule has 1 spiro atoms. The molecule has 57 valence electrons. The maximum atomic E-state index is 2.44. The highest BCUT2D eigenvalue weighted by Crippen LogP contribution is 2.45. The number of hydrogen-bond acceptors (Lipinski definition) is 1. The molecule has 1 heteroatoms. The van der Waals surface area contributed by atoms with E-state index in [0.29, 0.717) is 5.41 Å². The van der Waals surface area contributed by atoms with E-state index in [-0.39, 0.29) is 0 Å². The summed E-state index contributed by atoms with van der Waals surface area (Å²) in [4.78, 5) is 2.32. The van der Waals surface area contributed by atoms with Gasteiger partial charge in [-0.2, -0.15) is 0 Å². The van der Waals surface area contributed by atoms with Crippen molar-refractivity contribution >= 4 is 0 Å². The molecule has 0 bridgehead atoms. The zero-order chi connectivity index (χ0) is 7.03. The van der Waals surface area contributed by atoms with E-state index < -0.39 is 0 Å². The summed E-state index contributed by atoms with van der Waals surface area (Å²) in [7, 11) is 2.18. The van der Waals surface area contributed by atoms with Crippen LogP contribution in [0.2, 0.25) is 0 Å². The number of rotatable bonds is 0. The molecular weight excluding hydrogens is 122 g/mol. The molecule has 1 saturated carbocycles. The Morgan fingerprint density at radius 3 is 2.30 bits per heavy atom. The molecule has 0 N–H and O–H groups in total. The summed E-state index contributed by atoms with van der Waals surface area (Å²) in [5, 5.41) is 0. The van der Waals surface area contributed by atoms with Gasteiger partial charge in [0.05, 0.1) is 0 Å². The van der Waals surface area contributed by atoms with Crippen molar-refractivity contribution in [2.45, 2.75) is 32.1 Å². The predicted octanol–water partition coefficient (Wildman–Crippen LogP) is 2.04. The number of hydrogen-bond donors (Lipinski definition) is 0. The first kappa shape index (κ1) is 6.66. The molecular formula is C9H16N. The van der Waals surface area contributed by atoms with Gasteiger partial charge < -0.3 is 4.90 Å². The summed E-state index contributed by atoms with van der Waals surface area (Å²) in [5.74, 6) is 0. The highest BCUT2D eigenvalue weighted by molar-refractivity contribution is 5.03. The van der Waals surface area contributed by atoms with Crippen LogP contribution in [0, 0.1) is 12.0 Å². The Kier molecular flexibility index (Phi) is 1.48. The zero-order valence-corrected chi connectivity index (χ0v) is 6.77. The quantitative estimate of drug-likeness (QED) is 0.495. The monoisotopic (exact) mass is 138 g/mol. The lowest BCUT2D eigenvalue weighted by molar-refractivity contribution is 0.0461. The maximum Gasteiger partial charge on any atom is 0.0323 e. The normalized spacial score (nSPS) is 32.1. The van der Waals surface area contributed by atoms with Gasteiger partial charge in [-0.15, -0.1) is 0 Å². The van der Waals surface area contributed by atoms with E-state index in [1.807, 2.05) is 0 Å². The predicted molar refractivity (Wildman–Crippen MR) is 42.4 cm³/mol. The van der Waals surface area contributed by atoms with Crippen molar-refractivity contribution < 1.29 is 0 Å². The highest BCUT2D eigenvalue weighted by Gasteiger charge is 2.41. The summed E-state index contributed by atoms with van der Waals surface area (Å²) in [6.45, 7) is 3.76. The van der Waals surface area contributed by atoms with Gasteiger partial charge in [-0.3, -0.25) is 0 Å². The Morgan fingerprint density at radius 2 is 1.80 bits per heavy atom. The zero-order valence-electron chi connectivity index (χ0n) is 6.77. The molecule has 2 aliphatic rings. The molecule has 0 atom stereocenters. The van der Waals surface area contributed by atoms with Crippen LogP contribution in [0.25, 0.3) is 0 Å². The minimum absolute atomic E-state index is 0.674. The van der Waals surface area contributed by atoms with Crippen LogP contribution in [0.15, 0.2) is 0 Å². The van der Waals surface area contributed by atoms with Crippen molar-refractivity contribution in [3.05, 3.63) is 6.54 Å². The lowest BCUT2D eigenvalue weighted by Crippen LogP contribution is -2.50. The molecule has 1 aliphatic carbocycles. The summed E-state index contributed by atoms with van der Waals surface area (Å²) in [5.41, 5.74) is 0.674. The molecule has 1 nitrogen and oxygen atoms in total. The third-order valence-electron chi connectivity index (χ3n) is 2.91. The van der Waals surface area contributed by atoms with Gasteiger partial charge in [-0.05, 0) is 19.9 Å². The second kappa shape index (κ2) is 2.23. The Bertz CT molecular complexity index is 109. The largest absolute Gasteiger partial charge is 0.301 e. The fraction of sp³-hybridized carbons (Fsp3) is 0.889. The Balaban J connectivity index is 1.90. The SMILES string of the molecule is CN1[CH]C2(CCCCC2)C1. The van der Waals surface area contributed by atoms with Crippen LogP contribution in [-0.2, 0) is 0 Å². The summed E-state index contributed by atoms with van der Waals surface area (Å²) in [6, 6.07) is 0. The van der Waals surface area contributed by atoms with Crippen LogP contribution in [0.3, 0.4) is 0 Å². The second-order valence-corrected chi connectivity index (χ2v) is 3.97. The highest BCUT2D eigenvalue weighted by atomic mass is 15.2. The van der Waals surface area contributed by atoms with E-state index in [2.05, 4.69) is 18.5 Å². The van der Waals surface area contributed by atoms with E-state index in [4.69, 9.17) is 0 Å². The molecule has 1 radical (unpaired) electrons. The summed E-state index contributed by atoms with van der Waals surface area (Å²) < 4.78 is 0. The molecule has 0 aromatic carbocycles. The average Bonchev–Trinajstić information content (AvgIpc) is 1.87. The van der Waals surface area contributed by atoms with E-state index in [1.54, 1.807) is 0 Å². The molecule has 10 heavy (non-hydrogen) atoms. The van der Waals surface area contributed by atoms with E-state index in [9.17, 15) is 0 Å². The first-order valence-corrected chi connectivity index (χ1v) is 4.37. The van der Waals surface area contributed by atoms with E-state index in [1.165, 1.54) is 38.6 Å². The van der Waals surface area contributed by atoms with Gasteiger partial charge in [0.1, 0.15) is 0 Å². The first-order chi connectivity index (χ1) is 4.81. The van der Waals surface area contributed by atoms with E-state index in [0.717, 1.165) is 0 Å². The van der Waals surface area contributed by atoms with Gasteiger partial charge in [0.25, 0.3) is 0 Å². The van der Waals surface area contributed by atoms with Crippen molar-refractivity contribution in [1.82, 2.24) is 4.90 Å². The van der Waals surface area contributed by atoms with Crippen LogP contribution in [-0.4, -0.2) is 18.5 Å². The minimum atomic E-state index is 0.674. The molecule has 1 saturated heterocycles. The number of nitrogens with zero attached hydrogens (tertiary/aromatic N) is 1. The van der Waals surface area contributed by atoms with Gasteiger partial charge in [0.2, 0.25) is 0 Å². The van der Waals surface area contributed by atoms with E-state index >= 15 is 0 Å². The summed E-state index contributed by atoms with van der Waals surface area (Å²) in [6.07, 6.45) is 7.31. The molecule has 1 aliphatic heterocycles. The third kappa shape index (κ3) is 0.968. The minimum Gasteiger partial charge on any atom is -0.301 e. The van der Waals surface area contributed by atoms with Crippen LogP contribution >= 0.6 is 0 Å². The fourth-order valence-corrected chi connectivity index (χ4v) is 2.48. The van der Waals surface area contributed by atoms with Gasteiger partial charge in [-0.25, -0.2) is 0 Å². The number of likely N-dealkylation sites (tertiary alicyclic amines) is 1. The Morgan fingerprint density at radius 1 is 1.20 bits per heavy atom. The van der Waals surface area contributed by atoms with Crippen molar-refractivity contribution in [3.63, 3.8) is 0 Å². The standard InChI is InChI=1S/C9H16N/c1-10-7-9(8-10)5-3-2-4-6-9/h7H,2-6,8H2,1H3. The molecule has 0 aromatic heterocycles. The average molecular weight is 138 g/mol. The molecule has 0 amide bonds. The molecule has 0 aromatic rings. The lowest BCUT2D eigenvalue weighted by Gasteiger charge is -2.50. The molecule has 2 fully saturated rings. The molecule has 2 rings (SSSR count). The smallest absolute Gasteiger partial charge is 0.0323 e. The van der Waals surface area contributed by atoms with Crippen molar-refractivity contribution in [1.29, 1.82) is 0 Å². The topological polar surface area (TPSA) is 3.24 Å². The Hall–Kier alpha value is -0.0400. The third-order valence-corrected chi connectivity index (χ3v) is 2.91. The lowest BCUT2D eigenvalue weighted by atomic mass is 9.69. The summed E-state index contributed by atoms with van der Waals surface area (Å²) >= 11 is 0. The van der Waals surface area contributed by atoms with Gasteiger partial charge >= 0.3 is 0 Å². The van der Waals surface area contributed by atoms with Crippen molar-refractivity contribution in [2.75, 3.05) is 13.6 Å². The van der Waals surface area contributed by atoms with Crippen LogP contribution < -0.4 is 0 Å². The fourth-order valence-electron chi connectivity index (χ4n) is 2.48. The Labute approximate surface area is 63.4 Å². The second-order valence-electron chi connectivity index (χ2n) is 3.97. The molecule has 0 unspecified atom stereocenters. The van der Waals surface area contributed by atoms with Gasteiger partial charge in [0.15, 0.2) is 0 Å². The van der Waals surface area contributed by atoms with Gasteiger partial charge in [-0.1, -0.05) is 19.3 Å². The van der Waals surface area contributed by atoms with Crippen LogP contribution in [0.4, 0.5) is 0 Å². The van der Waals surface area contributed by atoms with Crippen LogP contribution in [0.1, 0.15) is 32.1 Å². The van der Waals surface area contributed by atoms with Crippen LogP contribution in [0.5, 0.6) is 0 Å². The maximum absolute atomic E-state index is 2.44. The first-order valence-electron chi connectivity index (χ1n) is 4.37. The molecule has 1 heterocycles. The van der Waals surface area contributed by atoms with Crippen molar-refractivity contribution in [2.24, 2.45) is 5.41 Å². The van der Waals surface area contributed by atoms with Gasteiger partial charge in [0, 0.05) is 18.5 Å².